The molecule has 0 saturated carbocycles. The van der Waals surface area contributed by atoms with Gasteiger partial charge in [-0.25, -0.2) is 0 Å². The van der Waals surface area contributed by atoms with Gasteiger partial charge in [-0.2, -0.15) is 0 Å². The third kappa shape index (κ3) is 3.24. The molecule has 0 unspecified atom stereocenters. The minimum atomic E-state index is 1.06. The predicted octanol–water partition coefficient (Wildman–Crippen LogP) is 2.50. The average molecular weight is 204 g/mol. The maximum absolute atomic E-state index is 3.46. The molecular weight excluding hydrogens is 184 g/mol. The van der Waals surface area contributed by atoms with E-state index in [9.17, 15) is 0 Å². The van der Waals surface area contributed by atoms with Crippen molar-refractivity contribution in [3.63, 3.8) is 0 Å². The first-order valence-electron chi connectivity index (χ1n) is 5.87. The largest absolute Gasteiger partial charge is 0.384 e. The van der Waals surface area contributed by atoms with Crippen LogP contribution in [-0.4, -0.2) is 31.1 Å². The number of rotatable bonds is 4. The molecule has 0 aliphatic carbocycles. The molecule has 2 nitrogen and oxygen atoms in total. The molecule has 1 fully saturated rings. The van der Waals surface area contributed by atoms with Gasteiger partial charge in [-0.3, -0.25) is 0 Å². The number of aryl methyl sites for hydroxylation is 1. The van der Waals surface area contributed by atoms with Crippen molar-refractivity contribution in [1.82, 2.24) is 4.90 Å². The first kappa shape index (κ1) is 10.5. The Morgan fingerprint density at radius 1 is 1.13 bits per heavy atom. The van der Waals surface area contributed by atoms with Crippen LogP contribution in [0, 0.1) is 6.92 Å². The minimum Gasteiger partial charge on any atom is -0.384 e. The summed E-state index contributed by atoms with van der Waals surface area (Å²) in [5, 5.41) is 3.46. The third-order valence-corrected chi connectivity index (χ3v) is 3.01. The van der Waals surface area contributed by atoms with Gasteiger partial charge in [-0.15, -0.1) is 0 Å². The normalized spacial score (nSPS) is 16.9. The molecule has 0 atom stereocenters. The number of nitrogens with zero attached hydrogens (tertiary/aromatic N) is 1. The summed E-state index contributed by atoms with van der Waals surface area (Å²) in [7, 11) is 0. The monoisotopic (exact) mass is 204 g/mol. The molecule has 0 spiro atoms. The van der Waals surface area contributed by atoms with Crippen LogP contribution in [0.25, 0.3) is 0 Å². The molecule has 1 aromatic rings. The number of nitrogens with one attached hydrogen (secondary N) is 1. The lowest BCUT2D eigenvalue weighted by atomic mass is 10.2. The lowest BCUT2D eigenvalue weighted by Gasteiger charge is -2.15. The van der Waals surface area contributed by atoms with Crippen molar-refractivity contribution >= 4 is 5.69 Å². The fourth-order valence-electron chi connectivity index (χ4n) is 2.04. The van der Waals surface area contributed by atoms with E-state index >= 15 is 0 Å². The van der Waals surface area contributed by atoms with Crippen LogP contribution >= 0.6 is 0 Å². The van der Waals surface area contributed by atoms with Crippen molar-refractivity contribution < 1.29 is 0 Å². The van der Waals surface area contributed by atoms with Crippen molar-refractivity contribution in [2.75, 3.05) is 31.5 Å². The Hall–Kier alpha value is -1.02. The van der Waals surface area contributed by atoms with Gasteiger partial charge in [0.25, 0.3) is 0 Å². The topological polar surface area (TPSA) is 15.3 Å². The van der Waals surface area contributed by atoms with E-state index in [0.717, 1.165) is 6.54 Å². The zero-order valence-corrected chi connectivity index (χ0v) is 9.50. The molecule has 1 saturated heterocycles. The first-order valence-corrected chi connectivity index (χ1v) is 5.87. The average Bonchev–Trinajstić information content (AvgIpc) is 2.74. The van der Waals surface area contributed by atoms with Crippen molar-refractivity contribution in [3.8, 4) is 0 Å². The van der Waals surface area contributed by atoms with Gasteiger partial charge in [0.05, 0.1) is 0 Å². The summed E-state index contributed by atoms with van der Waals surface area (Å²) in [6.45, 7) is 6.93. The minimum absolute atomic E-state index is 1.06. The van der Waals surface area contributed by atoms with Crippen LogP contribution in [0.5, 0.6) is 0 Å². The summed E-state index contributed by atoms with van der Waals surface area (Å²) < 4.78 is 0. The molecule has 1 N–H and O–H groups in total. The number of anilines is 1. The predicted molar refractivity (Wildman–Crippen MR) is 65.3 cm³/mol. The van der Waals surface area contributed by atoms with E-state index in [2.05, 4.69) is 41.4 Å². The lowest BCUT2D eigenvalue weighted by Crippen LogP contribution is -2.25. The van der Waals surface area contributed by atoms with Gasteiger partial charge in [0.2, 0.25) is 0 Å². The smallest absolute Gasteiger partial charge is 0.0340 e. The van der Waals surface area contributed by atoms with E-state index in [1.54, 1.807) is 0 Å². The van der Waals surface area contributed by atoms with E-state index in [0.29, 0.717) is 0 Å². The molecule has 2 heteroatoms. The first-order chi connectivity index (χ1) is 7.34. The Kier molecular flexibility index (Phi) is 3.62. The summed E-state index contributed by atoms with van der Waals surface area (Å²) in [5.74, 6) is 0. The number of likely N-dealkylation sites (tertiary alicyclic amines) is 1. The second-order valence-electron chi connectivity index (χ2n) is 4.34. The quantitative estimate of drug-likeness (QED) is 0.810. The maximum atomic E-state index is 3.46. The summed E-state index contributed by atoms with van der Waals surface area (Å²) >= 11 is 0. The zero-order valence-electron chi connectivity index (χ0n) is 9.50. The van der Waals surface area contributed by atoms with E-state index in [1.807, 2.05) is 0 Å². The summed E-state index contributed by atoms with van der Waals surface area (Å²) in [4.78, 5) is 2.53. The Morgan fingerprint density at radius 2 is 1.80 bits per heavy atom. The molecule has 0 bridgehead atoms. The second-order valence-corrected chi connectivity index (χ2v) is 4.34. The van der Waals surface area contributed by atoms with Gasteiger partial charge in [0, 0.05) is 18.8 Å². The van der Waals surface area contributed by atoms with Gasteiger partial charge in [0.1, 0.15) is 0 Å². The number of hydrogen-bond acceptors (Lipinski definition) is 2. The van der Waals surface area contributed by atoms with Crippen LogP contribution in [0.1, 0.15) is 18.4 Å². The van der Waals surface area contributed by atoms with Crippen molar-refractivity contribution in [3.05, 3.63) is 29.8 Å². The van der Waals surface area contributed by atoms with E-state index < -0.39 is 0 Å². The molecule has 0 aromatic heterocycles. The van der Waals surface area contributed by atoms with Crippen LogP contribution in [0.2, 0.25) is 0 Å². The van der Waals surface area contributed by atoms with Crippen LogP contribution < -0.4 is 5.32 Å². The highest BCUT2D eigenvalue weighted by molar-refractivity contribution is 5.44. The summed E-state index contributed by atoms with van der Waals surface area (Å²) in [6.07, 6.45) is 2.76. The highest BCUT2D eigenvalue weighted by Gasteiger charge is 2.09. The summed E-state index contributed by atoms with van der Waals surface area (Å²) in [5.41, 5.74) is 2.56. The van der Waals surface area contributed by atoms with Crippen LogP contribution in [0.3, 0.4) is 0 Å². The van der Waals surface area contributed by atoms with E-state index in [4.69, 9.17) is 0 Å². The molecule has 0 amide bonds. The molecule has 1 aliphatic heterocycles. The van der Waals surface area contributed by atoms with Gasteiger partial charge in [0.15, 0.2) is 0 Å². The second kappa shape index (κ2) is 5.17. The van der Waals surface area contributed by atoms with Crippen molar-refractivity contribution in [2.24, 2.45) is 0 Å². The van der Waals surface area contributed by atoms with E-state index in [-0.39, 0.29) is 0 Å². The van der Waals surface area contributed by atoms with Crippen LogP contribution in [0.4, 0.5) is 5.69 Å². The van der Waals surface area contributed by atoms with Gasteiger partial charge in [-0.1, -0.05) is 17.7 Å². The van der Waals surface area contributed by atoms with E-state index in [1.165, 1.54) is 43.7 Å². The molecule has 0 radical (unpaired) electrons. The lowest BCUT2D eigenvalue weighted by molar-refractivity contribution is 0.352. The van der Waals surface area contributed by atoms with Crippen LogP contribution in [-0.2, 0) is 0 Å². The zero-order chi connectivity index (χ0) is 10.5. The van der Waals surface area contributed by atoms with Gasteiger partial charge < -0.3 is 10.2 Å². The highest BCUT2D eigenvalue weighted by Crippen LogP contribution is 2.09. The van der Waals surface area contributed by atoms with Crippen LogP contribution in [0.15, 0.2) is 24.3 Å². The molecular formula is C13H20N2. The molecule has 82 valence electrons. The van der Waals surface area contributed by atoms with Crippen molar-refractivity contribution in [1.29, 1.82) is 0 Å². The van der Waals surface area contributed by atoms with Crippen molar-refractivity contribution in [2.45, 2.75) is 19.8 Å². The fourth-order valence-corrected chi connectivity index (χ4v) is 2.04. The molecule has 1 aliphatic rings. The maximum Gasteiger partial charge on any atom is 0.0340 e. The van der Waals surface area contributed by atoms with Gasteiger partial charge in [-0.05, 0) is 45.0 Å². The number of benzene rings is 1. The summed E-state index contributed by atoms with van der Waals surface area (Å²) in [6, 6.07) is 8.61. The molecule has 2 rings (SSSR count). The number of hydrogen-bond donors (Lipinski definition) is 1. The molecule has 1 aromatic carbocycles. The Labute approximate surface area is 92.3 Å². The third-order valence-electron chi connectivity index (χ3n) is 3.01. The Morgan fingerprint density at radius 3 is 2.47 bits per heavy atom. The Balaban J connectivity index is 1.71. The molecule has 1 heterocycles. The Bertz CT molecular complexity index is 286. The molecule has 15 heavy (non-hydrogen) atoms. The highest BCUT2D eigenvalue weighted by atomic mass is 15.1. The standard InChI is InChI=1S/C13H20N2/c1-12-4-6-13(7-5-12)14-8-11-15-9-2-3-10-15/h4-7,14H,2-3,8-11H2,1H3. The van der Waals surface area contributed by atoms with Gasteiger partial charge >= 0.3 is 0 Å². The SMILES string of the molecule is Cc1ccc(NCCN2CCCC2)cc1. The fraction of sp³-hybridized carbons (Fsp3) is 0.538.